The third kappa shape index (κ3) is 3.64. The lowest BCUT2D eigenvalue weighted by Crippen LogP contribution is -2.37. The number of ether oxygens (including phenoxy) is 2. The fourth-order valence-corrected chi connectivity index (χ4v) is 6.91. The van der Waals surface area contributed by atoms with E-state index in [0.717, 1.165) is 30.5 Å². The molecule has 2 saturated carbocycles. The van der Waals surface area contributed by atoms with E-state index in [0.29, 0.717) is 32.5 Å². The van der Waals surface area contributed by atoms with Crippen LogP contribution in [0.4, 0.5) is 0 Å². The third-order valence-corrected chi connectivity index (χ3v) is 8.43. The van der Waals surface area contributed by atoms with Gasteiger partial charge in [0, 0.05) is 42.7 Å². The van der Waals surface area contributed by atoms with Crippen LogP contribution in [0.25, 0.3) is 0 Å². The molecule has 2 aromatic rings. The maximum absolute atomic E-state index is 9.38. The highest BCUT2D eigenvalue weighted by Crippen LogP contribution is 2.60. The van der Waals surface area contributed by atoms with E-state index >= 15 is 0 Å². The van der Waals surface area contributed by atoms with Gasteiger partial charge in [0.25, 0.3) is 0 Å². The monoisotopic (exact) mass is 450 g/mol. The largest absolute Gasteiger partial charge is 0.478 e. The molecule has 2 unspecified atom stereocenters. The molecule has 2 aliphatic carbocycles. The van der Waals surface area contributed by atoms with E-state index < -0.39 is 0 Å². The summed E-state index contributed by atoms with van der Waals surface area (Å²) in [5.74, 6) is 3.41. The van der Waals surface area contributed by atoms with Crippen LogP contribution in [-0.2, 0) is 18.5 Å². The predicted octanol–water partition coefficient (Wildman–Crippen LogP) is 3.08. The minimum Gasteiger partial charge on any atom is -0.478 e. The summed E-state index contributed by atoms with van der Waals surface area (Å²) in [5.41, 5.74) is 5.30. The lowest BCUT2D eigenvalue weighted by Gasteiger charge is -2.41. The number of rotatable bonds is 6. The molecule has 2 aromatic carbocycles. The summed E-state index contributed by atoms with van der Waals surface area (Å²) in [4.78, 5) is 4.32. The van der Waals surface area contributed by atoms with Crippen LogP contribution in [-0.4, -0.2) is 59.8 Å². The van der Waals surface area contributed by atoms with Gasteiger partial charge in [-0.15, -0.1) is 0 Å². The summed E-state index contributed by atoms with van der Waals surface area (Å²) in [7, 11) is 0. The number of hydrogen-bond acceptors (Lipinski definition) is 6. The highest BCUT2D eigenvalue weighted by atomic mass is 16.5. The van der Waals surface area contributed by atoms with Gasteiger partial charge in [0.2, 0.25) is 0 Å². The second-order valence-corrected chi connectivity index (χ2v) is 10.3. The molecule has 176 valence electrons. The lowest BCUT2D eigenvalue weighted by atomic mass is 9.64. The molecule has 6 rings (SSSR count). The molecule has 2 aliphatic heterocycles. The van der Waals surface area contributed by atoms with E-state index in [-0.39, 0.29) is 18.6 Å². The van der Waals surface area contributed by atoms with Crippen molar-refractivity contribution >= 4 is 0 Å². The number of benzene rings is 2. The van der Waals surface area contributed by atoms with Crippen LogP contribution < -0.4 is 9.47 Å². The van der Waals surface area contributed by atoms with E-state index in [2.05, 4.69) is 46.2 Å². The highest BCUT2D eigenvalue weighted by Gasteiger charge is 2.53. The third-order valence-electron chi connectivity index (χ3n) is 8.43. The molecule has 6 heteroatoms. The Kier molecular flexibility index (Phi) is 5.57. The Morgan fingerprint density at radius 2 is 1.39 bits per heavy atom. The molecule has 0 amide bonds. The molecule has 2 fully saturated rings. The number of aliphatic hydroxyl groups excluding tert-OH is 2. The predicted molar refractivity (Wildman–Crippen MR) is 125 cm³/mol. The van der Waals surface area contributed by atoms with Crippen LogP contribution in [0.15, 0.2) is 36.4 Å². The van der Waals surface area contributed by atoms with Crippen molar-refractivity contribution in [1.29, 1.82) is 0 Å². The van der Waals surface area contributed by atoms with E-state index in [1.807, 2.05) is 0 Å². The number of fused-ring (bicyclic) bond motifs is 4. The van der Waals surface area contributed by atoms with Crippen molar-refractivity contribution in [2.24, 2.45) is 11.8 Å². The van der Waals surface area contributed by atoms with Gasteiger partial charge in [0.1, 0.15) is 25.0 Å². The molecular formula is C27H34N2O4. The van der Waals surface area contributed by atoms with Crippen LogP contribution in [0.3, 0.4) is 0 Å². The first-order valence-corrected chi connectivity index (χ1v) is 12.4. The lowest BCUT2D eigenvalue weighted by molar-refractivity contribution is 0.0768. The van der Waals surface area contributed by atoms with Crippen LogP contribution in [0.5, 0.6) is 11.5 Å². The average Bonchev–Trinajstić information content (AvgIpc) is 3.46. The normalized spacial score (nSPS) is 25.9. The first kappa shape index (κ1) is 21.4. The number of β-amino-alcohol motifs (C(OH)–C–C–N with tert-alkyl or cyclic N) is 2. The summed E-state index contributed by atoms with van der Waals surface area (Å²) < 4.78 is 12.0. The smallest absolute Gasteiger partial charge is 0.142 e. The summed E-state index contributed by atoms with van der Waals surface area (Å²) in [5, 5.41) is 18.8. The average molecular weight is 451 g/mol. The van der Waals surface area contributed by atoms with E-state index in [9.17, 15) is 10.2 Å². The molecule has 2 heterocycles. The second-order valence-electron chi connectivity index (χ2n) is 10.3. The van der Waals surface area contributed by atoms with Crippen LogP contribution >= 0.6 is 0 Å². The maximum atomic E-state index is 9.38. The van der Waals surface area contributed by atoms with Crippen molar-refractivity contribution in [3.05, 3.63) is 58.7 Å². The number of aliphatic hydroxyl groups is 2. The van der Waals surface area contributed by atoms with Gasteiger partial charge in [-0.3, -0.25) is 9.80 Å². The zero-order valence-corrected chi connectivity index (χ0v) is 19.2. The van der Waals surface area contributed by atoms with Gasteiger partial charge < -0.3 is 19.7 Å². The van der Waals surface area contributed by atoms with Gasteiger partial charge in [-0.2, -0.15) is 0 Å². The zero-order valence-electron chi connectivity index (χ0n) is 19.2. The van der Waals surface area contributed by atoms with Crippen molar-refractivity contribution in [2.45, 2.75) is 44.2 Å². The zero-order chi connectivity index (χ0) is 22.4. The van der Waals surface area contributed by atoms with Crippen molar-refractivity contribution in [3.63, 3.8) is 0 Å². The molecule has 2 N–H and O–H groups in total. The van der Waals surface area contributed by atoms with E-state index in [4.69, 9.17) is 9.47 Å². The van der Waals surface area contributed by atoms with E-state index in [1.165, 1.54) is 47.9 Å². The van der Waals surface area contributed by atoms with Crippen LogP contribution in [0.1, 0.15) is 47.9 Å². The molecule has 0 radical (unpaired) electrons. The molecule has 0 spiro atoms. The Balaban J connectivity index is 1.39. The summed E-state index contributed by atoms with van der Waals surface area (Å²) in [6, 6.07) is 13.7. The highest BCUT2D eigenvalue weighted by molar-refractivity contribution is 5.51. The summed E-state index contributed by atoms with van der Waals surface area (Å²) in [6.07, 6.45) is 5.16. The Morgan fingerprint density at radius 3 is 1.85 bits per heavy atom. The van der Waals surface area contributed by atoms with Gasteiger partial charge in [-0.1, -0.05) is 18.6 Å². The fraction of sp³-hybridized carbons (Fsp3) is 0.556. The van der Waals surface area contributed by atoms with Crippen molar-refractivity contribution in [3.8, 4) is 11.5 Å². The molecule has 0 saturated heterocycles. The van der Waals surface area contributed by atoms with Gasteiger partial charge in [-0.25, -0.2) is 0 Å². The first-order chi connectivity index (χ1) is 16.2. The standard InChI is InChI=1S/C27H34N2O4/c30-9-7-28-15-20-12-23(3-5-25(20)32-17-28)27(14-19-1-2-22(27)11-19)24-4-6-26-21(13-24)16-29(8-10-31)18-33-26/h3-6,12-13,19,22,30-31H,1-2,7-11,14-18H2. The summed E-state index contributed by atoms with van der Waals surface area (Å²) >= 11 is 0. The van der Waals surface area contributed by atoms with E-state index in [1.54, 1.807) is 0 Å². The maximum Gasteiger partial charge on any atom is 0.142 e. The minimum absolute atomic E-state index is 0.0332. The van der Waals surface area contributed by atoms with Gasteiger partial charge in [0.05, 0.1) is 13.2 Å². The van der Waals surface area contributed by atoms with Crippen LogP contribution in [0, 0.1) is 11.8 Å². The molecule has 2 atom stereocenters. The van der Waals surface area contributed by atoms with Crippen molar-refractivity contribution in [1.82, 2.24) is 9.80 Å². The van der Waals surface area contributed by atoms with Crippen molar-refractivity contribution < 1.29 is 19.7 Å². The molecule has 4 aliphatic rings. The first-order valence-electron chi connectivity index (χ1n) is 12.4. The Labute approximate surface area is 195 Å². The van der Waals surface area contributed by atoms with Gasteiger partial charge in [0.15, 0.2) is 0 Å². The quantitative estimate of drug-likeness (QED) is 0.705. The topological polar surface area (TPSA) is 65.4 Å². The minimum atomic E-state index is 0.0332. The molecule has 33 heavy (non-hydrogen) atoms. The molecule has 0 aromatic heterocycles. The van der Waals surface area contributed by atoms with Gasteiger partial charge >= 0.3 is 0 Å². The fourth-order valence-electron chi connectivity index (χ4n) is 6.91. The Morgan fingerprint density at radius 1 is 0.818 bits per heavy atom. The van der Waals surface area contributed by atoms with Crippen molar-refractivity contribution in [2.75, 3.05) is 39.8 Å². The molecular weight excluding hydrogens is 416 g/mol. The number of nitrogens with zero attached hydrogens (tertiary/aromatic N) is 2. The Bertz CT molecular complexity index is 958. The Hall–Kier alpha value is -2.12. The second kappa shape index (κ2) is 8.58. The summed E-state index contributed by atoms with van der Waals surface area (Å²) in [6.45, 7) is 4.29. The SMILES string of the molecule is OCCN1COc2ccc(C3(c4ccc5c(c4)CN(CCO)CO5)CC4CCC3C4)cc2C1. The molecule has 2 bridgehead atoms. The number of hydrogen-bond donors (Lipinski definition) is 2. The van der Waals surface area contributed by atoms with Crippen LogP contribution in [0.2, 0.25) is 0 Å². The molecule has 6 nitrogen and oxygen atoms in total. The van der Waals surface area contributed by atoms with Gasteiger partial charge in [-0.05, 0) is 66.5 Å².